The van der Waals surface area contributed by atoms with Gasteiger partial charge >= 0.3 is 11.9 Å². The number of fused-ring (bicyclic) bond motifs is 3. The fourth-order valence-electron chi connectivity index (χ4n) is 14.6. The molecule has 0 amide bonds. The minimum Gasteiger partial charge on any atom is -0.493 e. The predicted octanol–water partition coefficient (Wildman–Crippen LogP) is 14.1. The standard InChI is InChI=1S/C26H29F2NO5.C25H27F2NO5.C22H21Cl2F2NO/c1-32-22-11-17-10-18(24(30)19(17)12-23(22)33-2)13-26(28)8-9-29(21(14-26)25(31)34-3)15-16-6-4-5-7-20(16)27;1-32-21-10-16-9-17(23(29)18(16)11-22(21)33-2)12-25(27)7-8-28(20(13-25)24(30)31)14-15-5-3-4-6-19(15)26;23-18-10-15-9-16(21(28)17(15)11-19(18)24)12-22(26)5-7-27(8-6-22)13-14-3-1-2-4-20(14)25/h4-7,11-12,18,21H,8-10,13-15H2,1-3H3;3-6,10-11,17,20H,7-9,12-14H2,1-2H3,(H,30,31);1-4,10-11,16H,5-9,12-13H2. The van der Waals surface area contributed by atoms with Crippen LogP contribution in [0, 0.1) is 35.2 Å². The fraction of sp³-hybridized carbons (Fsp3) is 0.438. The van der Waals surface area contributed by atoms with Crippen molar-refractivity contribution >= 4 is 52.5 Å². The molecular weight excluding hydrogens is 1280 g/mol. The van der Waals surface area contributed by atoms with Crippen LogP contribution in [-0.2, 0) is 53.2 Å². The quantitative estimate of drug-likeness (QED) is 0.0639. The first kappa shape index (κ1) is 70.3. The van der Waals surface area contributed by atoms with Crippen molar-refractivity contribution in [2.45, 2.75) is 126 Å². The number of aliphatic carboxylic acids is 1. The third-order valence-corrected chi connectivity index (χ3v) is 20.5. The summed E-state index contributed by atoms with van der Waals surface area (Å²) in [4.78, 5) is 68.7. The number of halogens is 8. The second-order valence-corrected chi connectivity index (χ2v) is 26.6. The van der Waals surface area contributed by atoms with Crippen LogP contribution in [0.15, 0.2) is 109 Å². The van der Waals surface area contributed by atoms with E-state index in [1.54, 1.807) is 94.7 Å². The molecule has 1 N–H and O–H groups in total. The average Bonchev–Trinajstić information content (AvgIpc) is 1.75. The minimum atomic E-state index is -1.80. The van der Waals surface area contributed by atoms with Crippen LogP contribution in [-0.4, -0.2) is 140 Å². The van der Waals surface area contributed by atoms with Gasteiger partial charge in [-0.1, -0.05) is 77.8 Å². The molecule has 3 saturated heterocycles. The van der Waals surface area contributed by atoms with Gasteiger partial charge in [-0.25, -0.2) is 26.3 Å². The topological polar surface area (TPSA) is 161 Å². The molecule has 6 aromatic rings. The summed E-state index contributed by atoms with van der Waals surface area (Å²) in [6.45, 7) is 2.26. The molecule has 0 bridgehead atoms. The number of carbonyl (C=O) groups excluding carboxylic acids is 4. The maximum absolute atomic E-state index is 16.1. The van der Waals surface area contributed by atoms with Crippen LogP contribution in [0.4, 0.5) is 26.3 Å². The number of carboxylic acids is 1. The zero-order valence-corrected chi connectivity index (χ0v) is 55.1. The molecule has 14 nitrogen and oxygen atoms in total. The second kappa shape index (κ2) is 29.9. The Hall–Kier alpha value is -7.49. The van der Waals surface area contributed by atoms with Gasteiger partial charge in [-0.3, -0.25) is 38.7 Å². The summed E-state index contributed by atoms with van der Waals surface area (Å²) < 4.78 is 116. The Bertz CT molecular complexity index is 3850. The van der Waals surface area contributed by atoms with Gasteiger partial charge in [0.25, 0.3) is 0 Å². The van der Waals surface area contributed by atoms with Crippen LogP contribution >= 0.6 is 23.2 Å². The lowest BCUT2D eigenvalue weighted by atomic mass is 9.79. The average molecular weight is 1360 g/mol. The van der Waals surface area contributed by atoms with E-state index in [9.17, 15) is 42.3 Å². The van der Waals surface area contributed by atoms with Gasteiger partial charge in [0, 0.05) is 110 Å². The van der Waals surface area contributed by atoms with E-state index in [0.717, 1.165) is 16.7 Å². The Balaban J connectivity index is 0.000000156. The van der Waals surface area contributed by atoms with Crippen LogP contribution in [0.2, 0.25) is 10.0 Å². The molecule has 3 aliphatic heterocycles. The highest BCUT2D eigenvalue weighted by atomic mass is 35.5. The van der Waals surface area contributed by atoms with Crippen molar-refractivity contribution in [3.05, 3.63) is 187 Å². The van der Waals surface area contributed by atoms with E-state index in [1.807, 2.05) is 6.07 Å². The monoisotopic (exact) mass is 1360 g/mol. The number of nitrogens with zero attached hydrogens (tertiary/aromatic N) is 3. The number of ether oxygens (including phenoxy) is 5. The summed E-state index contributed by atoms with van der Waals surface area (Å²) in [6, 6.07) is 27.3. The van der Waals surface area contributed by atoms with E-state index in [2.05, 4.69) is 4.90 Å². The number of likely N-dealkylation sites (tertiary alicyclic amines) is 3. The first-order valence-corrected chi connectivity index (χ1v) is 32.5. The van der Waals surface area contributed by atoms with Crippen molar-refractivity contribution in [2.75, 3.05) is 61.7 Å². The van der Waals surface area contributed by atoms with Gasteiger partial charge < -0.3 is 28.8 Å². The molecule has 22 heteroatoms. The van der Waals surface area contributed by atoms with Crippen LogP contribution < -0.4 is 18.9 Å². The Morgan fingerprint density at radius 1 is 0.484 bits per heavy atom. The van der Waals surface area contributed by atoms with Gasteiger partial charge in [0.05, 0.1) is 45.6 Å². The SMILES string of the molecule is COC(=O)C1CC(F)(CC2Cc3cc(OC)c(OC)cc3C2=O)CCN1Cc1ccccc1F.COc1cc2c(cc1OC)C(=O)C(CC1(F)CCN(Cc3ccccc3F)C(C(=O)O)C1)C2.O=C1c2cc(Cl)c(Cl)cc2CC1CC1(F)CCN(Cc2ccccc2F)CC1. The first-order valence-electron chi connectivity index (χ1n) is 31.8. The number of methoxy groups -OCH3 is 5. The summed E-state index contributed by atoms with van der Waals surface area (Å²) in [5.74, 6) is -2.62. The Kier molecular flexibility index (Phi) is 22.1. The largest absolute Gasteiger partial charge is 0.493 e. The summed E-state index contributed by atoms with van der Waals surface area (Å²) >= 11 is 12.1. The number of esters is 1. The Labute approximate surface area is 558 Å². The number of alkyl halides is 3. The number of carboxylic acid groups (broad SMARTS) is 1. The summed E-state index contributed by atoms with van der Waals surface area (Å²) in [6.07, 6.45) is 2.02. The number of hydrogen-bond acceptors (Lipinski definition) is 13. The molecule has 506 valence electrons. The first-order chi connectivity index (χ1) is 45.4. The van der Waals surface area contributed by atoms with E-state index < -0.39 is 58.7 Å². The molecule has 7 atom stereocenters. The van der Waals surface area contributed by atoms with Crippen molar-refractivity contribution in [1.29, 1.82) is 0 Å². The molecule has 6 aromatic carbocycles. The molecule has 95 heavy (non-hydrogen) atoms. The summed E-state index contributed by atoms with van der Waals surface area (Å²) in [7, 11) is 7.28. The molecule has 7 unspecified atom stereocenters. The molecule has 6 aliphatic rings. The van der Waals surface area contributed by atoms with Crippen LogP contribution in [0.5, 0.6) is 23.0 Å². The maximum atomic E-state index is 16.1. The minimum absolute atomic E-state index is 0.00613. The summed E-state index contributed by atoms with van der Waals surface area (Å²) in [5.41, 5.74) is 0.561. The maximum Gasteiger partial charge on any atom is 0.323 e. The molecule has 3 heterocycles. The Morgan fingerprint density at radius 3 is 1.24 bits per heavy atom. The number of Topliss-reactive ketones (excluding diaryl/α,β-unsaturated/α-hetero) is 3. The van der Waals surface area contributed by atoms with E-state index in [0.29, 0.717) is 118 Å². The van der Waals surface area contributed by atoms with Crippen molar-refractivity contribution < 1.29 is 79.1 Å². The van der Waals surface area contributed by atoms with Crippen molar-refractivity contribution in [1.82, 2.24) is 14.7 Å². The van der Waals surface area contributed by atoms with Gasteiger partial charge in [0.1, 0.15) is 46.5 Å². The van der Waals surface area contributed by atoms with Crippen molar-refractivity contribution in [2.24, 2.45) is 17.8 Å². The zero-order valence-electron chi connectivity index (χ0n) is 53.6. The third-order valence-electron chi connectivity index (χ3n) is 19.7. The highest BCUT2D eigenvalue weighted by molar-refractivity contribution is 6.42. The lowest BCUT2D eigenvalue weighted by molar-refractivity contribution is -0.152. The fourth-order valence-corrected chi connectivity index (χ4v) is 14.9. The van der Waals surface area contributed by atoms with Gasteiger partial charge in [-0.15, -0.1) is 0 Å². The summed E-state index contributed by atoms with van der Waals surface area (Å²) in [5, 5.41) is 10.5. The van der Waals surface area contributed by atoms with E-state index >= 15 is 13.2 Å². The number of hydrogen-bond donors (Lipinski definition) is 1. The molecule has 0 radical (unpaired) electrons. The smallest absolute Gasteiger partial charge is 0.323 e. The number of ketones is 3. The highest BCUT2D eigenvalue weighted by Gasteiger charge is 2.50. The number of carbonyl (C=O) groups is 5. The Morgan fingerprint density at radius 2 is 0.832 bits per heavy atom. The van der Waals surface area contributed by atoms with E-state index in [-0.39, 0.29) is 106 Å². The number of benzene rings is 6. The van der Waals surface area contributed by atoms with Crippen LogP contribution in [0.1, 0.15) is 122 Å². The second-order valence-electron chi connectivity index (χ2n) is 25.8. The predicted molar refractivity (Wildman–Crippen MR) is 346 cm³/mol. The highest BCUT2D eigenvalue weighted by Crippen LogP contribution is 2.47. The molecule has 12 rings (SSSR count). The molecule has 0 spiro atoms. The molecule has 3 aliphatic carbocycles. The van der Waals surface area contributed by atoms with Crippen molar-refractivity contribution in [3.8, 4) is 23.0 Å². The van der Waals surface area contributed by atoms with Crippen LogP contribution in [0.25, 0.3) is 0 Å². The third kappa shape index (κ3) is 16.0. The lowest BCUT2D eigenvalue weighted by Gasteiger charge is -2.42. The van der Waals surface area contributed by atoms with Gasteiger partial charge in [-0.05, 0) is 135 Å². The van der Waals surface area contributed by atoms with E-state index in [4.69, 9.17) is 46.9 Å². The number of piperidine rings is 3. The van der Waals surface area contributed by atoms with Gasteiger partial charge in [-0.2, -0.15) is 0 Å². The lowest BCUT2D eigenvalue weighted by Crippen LogP contribution is -2.52. The number of rotatable bonds is 18. The molecule has 0 aromatic heterocycles. The molecule has 0 saturated carbocycles. The van der Waals surface area contributed by atoms with Crippen molar-refractivity contribution in [3.63, 3.8) is 0 Å². The van der Waals surface area contributed by atoms with Gasteiger partial charge in [0.2, 0.25) is 0 Å². The van der Waals surface area contributed by atoms with Crippen LogP contribution in [0.3, 0.4) is 0 Å². The van der Waals surface area contributed by atoms with E-state index in [1.165, 1.54) is 53.7 Å². The zero-order chi connectivity index (χ0) is 68.1. The molecule has 3 fully saturated rings. The normalized spacial score (nSPS) is 23.9. The molecular formula is C73H77Cl2F6N3O11. The van der Waals surface area contributed by atoms with Gasteiger partial charge in [0.15, 0.2) is 40.3 Å².